The number of amides is 1. The van der Waals surface area contributed by atoms with Gasteiger partial charge in [-0.2, -0.15) is 4.98 Å². The maximum absolute atomic E-state index is 13.2. The summed E-state index contributed by atoms with van der Waals surface area (Å²) in [6.07, 6.45) is 5.87. The van der Waals surface area contributed by atoms with Crippen LogP contribution < -0.4 is 15.0 Å². The van der Waals surface area contributed by atoms with Crippen LogP contribution in [-0.2, 0) is 14.8 Å². The smallest absolute Gasteiger partial charge is 0.272 e. The predicted octanol–water partition coefficient (Wildman–Crippen LogP) is 1.12. The quantitative estimate of drug-likeness (QED) is 0.695. The molecular weight excluding hydrogens is 422 g/mol. The number of hydrogen-bond donors (Lipinski definition) is 2. The van der Waals surface area contributed by atoms with E-state index in [0.29, 0.717) is 62.7 Å². The van der Waals surface area contributed by atoms with Crippen molar-refractivity contribution in [3.63, 3.8) is 0 Å². The number of rotatable bonds is 4. The van der Waals surface area contributed by atoms with Crippen LogP contribution in [0.1, 0.15) is 52.9 Å². The largest absolute Gasteiger partial charge is 0.472 e. The zero-order valence-corrected chi connectivity index (χ0v) is 19.3. The molecule has 1 aromatic rings. The summed E-state index contributed by atoms with van der Waals surface area (Å²) in [5, 5.41) is 13.7. The highest BCUT2D eigenvalue weighted by molar-refractivity contribution is 7.88. The first-order valence-electron chi connectivity index (χ1n) is 10.7. The van der Waals surface area contributed by atoms with E-state index < -0.39 is 21.2 Å². The summed E-state index contributed by atoms with van der Waals surface area (Å²) in [6.45, 7) is 6.13. The van der Waals surface area contributed by atoms with E-state index in [1.165, 1.54) is 10.6 Å². The number of sulfonamides is 1. The number of carbonyl (C=O) groups excluding carboxylic acids is 1. The third-order valence-electron chi connectivity index (χ3n) is 6.38. The number of fused-ring (bicyclic) bond motifs is 1. The van der Waals surface area contributed by atoms with Crippen LogP contribution in [-0.4, -0.2) is 76.3 Å². The molecule has 4 rings (SSSR count). The van der Waals surface area contributed by atoms with Crippen molar-refractivity contribution in [1.29, 1.82) is 0 Å². The van der Waals surface area contributed by atoms with Crippen molar-refractivity contribution in [3.8, 4) is 5.75 Å². The Morgan fingerprint density at radius 3 is 2.48 bits per heavy atom. The summed E-state index contributed by atoms with van der Waals surface area (Å²) >= 11 is 0. The highest BCUT2D eigenvalue weighted by atomic mass is 32.2. The van der Waals surface area contributed by atoms with Crippen LogP contribution in [0.5, 0.6) is 5.75 Å². The first-order valence-corrected chi connectivity index (χ1v) is 12.5. The molecule has 1 amide bonds. The molecule has 1 saturated carbocycles. The van der Waals surface area contributed by atoms with Crippen molar-refractivity contribution in [2.45, 2.75) is 76.2 Å². The van der Waals surface area contributed by atoms with E-state index in [4.69, 9.17) is 4.74 Å². The Morgan fingerprint density at radius 1 is 1.23 bits per heavy atom. The molecule has 0 bridgehead atoms. The summed E-state index contributed by atoms with van der Waals surface area (Å²) in [4.78, 5) is 23.9. The SMILES string of the molecule is CC1(O)CCC(N2C(=O)C(C)(C)Oc3cnc(NC4CCN(S(C)(=O)=O)CC4)nc32)C1. The Morgan fingerprint density at radius 2 is 1.90 bits per heavy atom. The summed E-state index contributed by atoms with van der Waals surface area (Å²) in [6, 6.07) is -0.126. The standard InChI is InChI=1S/C20H31N5O5S/c1-19(2)17(26)25(14-5-8-20(3,27)11-14)16-15(30-19)12-21-18(23-16)22-13-6-9-24(10-7-13)31(4,28)29/h12-14,27H,5-11H2,1-4H3,(H,21,22,23). The van der Waals surface area contributed by atoms with Crippen molar-refractivity contribution in [2.75, 3.05) is 29.6 Å². The van der Waals surface area contributed by atoms with Gasteiger partial charge < -0.3 is 15.2 Å². The highest BCUT2D eigenvalue weighted by Crippen LogP contribution is 2.42. The second kappa shape index (κ2) is 7.56. The lowest BCUT2D eigenvalue weighted by atomic mass is 10.0. The monoisotopic (exact) mass is 453 g/mol. The number of ether oxygens (including phenoxy) is 1. The molecule has 3 heterocycles. The van der Waals surface area contributed by atoms with Gasteiger partial charge >= 0.3 is 0 Å². The fourth-order valence-electron chi connectivity index (χ4n) is 4.64. The zero-order valence-electron chi connectivity index (χ0n) is 18.5. The second-order valence-electron chi connectivity index (χ2n) is 9.64. The summed E-state index contributed by atoms with van der Waals surface area (Å²) in [5.41, 5.74) is -1.85. The second-order valence-corrected chi connectivity index (χ2v) is 11.6. The molecule has 10 nitrogen and oxygen atoms in total. The van der Waals surface area contributed by atoms with Gasteiger partial charge in [0.2, 0.25) is 16.0 Å². The van der Waals surface area contributed by atoms with Gasteiger partial charge in [-0.15, -0.1) is 0 Å². The molecule has 0 spiro atoms. The number of hydrogen-bond acceptors (Lipinski definition) is 8. The van der Waals surface area contributed by atoms with Gasteiger partial charge in [0, 0.05) is 25.2 Å². The van der Waals surface area contributed by atoms with E-state index in [1.54, 1.807) is 31.9 Å². The molecule has 1 aliphatic carbocycles. The maximum Gasteiger partial charge on any atom is 0.272 e. The molecule has 2 aliphatic heterocycles. The fourth-order valence-corrected chi connectivity index (χ4v) is 5.52. The maximum atomic E-state index is 13.2. The lowest BCUT2D eigenvalue weighted by Crippen LogP contribution is -2.56. The summed E-state index contributed by atoms with van der Waals surface area (Å²) < 4.78 is 30.8. The minimum atomic E-state index is -3.18. The number of nitrogens with one attached hydrogen (secondary N) is 1. The number of nitrogens with zero attached hydrogens (tertiary/aromatic N) is 4. The van der Waals surface area contributed by atoms with Gasteiger partial charge in [0.1, 0.15) is 0 Å². The Bertz CT molecular complexity index is 972. The van der Waals surface area contributed by atoms with E-state index in [2.05, 4.69) is 15.3 Å². The number of carbonyl (C=O) groups is 1. The Labute approximate surface area is 183 Å². The van der Waals surface area contributed by atoms with Crippen LogP contribution in [0.25, 0.3) is 0 Å². The topological polar surface area (TPSA) is 125 Å². The van der Waals surface area contributed by atoms with Gasteiger partial charge in [0.05, 0.1) is 18.1 Å². The molecule has 0 aromatic carbocycles. The van der Waals surface area contributed by atoms with Crippen molar-refractivity contribution < 1.29 is 23.1 Å². The molecule has 0 radical (unpaired) electrons. The molecular formula is C20H31N5O5S. The molecule has 1 saturated heterocycles. The van der Waals surface area contributed by atoms with Crippen molar-refractivity contribution in [1.82, 2.24) is 14.3 Å². The minimum Gasteiger partial charge on any atom is -0.472 e. The van der Waals surface area contributed by atoms with Crippen LogP contribution in [0.4, 0.5) is 11.8 Å². The third kappa shape index (κ3) is 4.49. The van der Waals surface area contributed by atoms with E-state index in [1.807, 2.05) is 0 Å². The van der Waals surface area contributed by atoms with Gasteiger partial charge in [0.25, 0.3) is 5.91 Å². The lowest BCUT2D eigenvalue weighted by Gasteiger charge is -2.41. The summed E-state index contributed by atoms with van der Waals surface area (Å²) in [7, 11) is -3.18. The Kier molecular flexibility index (Phi) is 5.42. The lowest BCUT2D eigenvalue weighted by molar-refractivity contribution is -0.133. The molecule has 2 atom stereocenters. The molecule has 11 heteroatoms. The van der Waals surface area contributed by atoms with E-state index in [9.17, 15) is 18.3 Å². The summed E-state index contributed by atoms with van der Waals surface area (Å²) in [5.74, 6) is 1.04. The predicted molar refractivity (Wildman–Crippen MR) is 116 cm³/mol. The van der Waals surface area contributed by atoms with Crippen LogP contribution in [0.3, 0.4) is 0 Å². The van der Waals surface area contributed by atoms with Crippen LogP contribution in [0.2, 0.25) is 0 Å². The fraction of sp³-hybridized carbons (Fsp3) is 0.750. The first kappa shape index (κ1) is 22.2. The number of piperidine rings is 1. The number of aromatic nitrogens is 2. The molecule has 2 N–H and O–H groups in total. The zero-order chi connectivity index (χ0) is 22.6. The van der Waals surface area contributed by atoms with Gasteiger partial charge in [-0.25, -0.2) is 17.7 Å². The van der Waals surface area contributed by atoms with E-state index in [0.717, 1.165) is 0 Å². The molecule has 3 aliphatic rings. The average molecular weight is 454 g/mol. The van der Waals surface area contributed by atoms with Crippen molar-refractivity contribution >= 4 is 27.7 Å². The van der Waals surface area contributed by atoms with Gasteiger partial charge in [-0.1, -0.05) is 0 Å². The molecule has 2 fully saturated rings. The van der Waals surface area contributed by atoms with E-state index in [-0.39, 0.29) is 18.0 Å². The van der Waals surface area contributed by atoms with Crippen molar-refractivity contribution in [3.05, 3.63) is 6.20 Å². The Balaban J connectivity index is 1.56. The average Bonchev–Trinajstić information content (AvgIpc) is 3.02. The third-order valence-corrected chi connectivity index (χ3v) is 7.68. The van der Waals surface area contributed by atoms with Crippen LogP contribution in [0.15, 0.2) is 6.20 Å². The molecule has 1 aromatic heterocycles. The van der Waals surface area contributed by atoms with Crippen molar-refractivity contribution in [2.24, 2.45) is 0 Å². The van der Waals surface area contributed by atoms with Crippen LogP contribution >= 0.6 is 0 Å². The molecule has 2 unspecified atom stereocenters. The molecule has 172 valence electrons. The van der Waals surface area contributed by atoms with Gasteiger partial charge in [-0.3, -0.25) is 9.69 Å². The Hall–Kier alpha value is -1.98. The van der Waals surface area contributed by atoms with Gasteiger partial charge in [0.15, 0.2) is 17.2 Å². The molecule has 31 heavy (non-hydrogen) atoms. The highest BCUT2D eigenvalue weighted by Gasteiger charge is 2.48. The normalized spacial score (nSPS) is 29.5. The van der Waals surface area contributed by atoms with Gasteiger partial charge in [-0.05, 0) is 52.9 Å². The van der Waals surface area contributed by atoms with Crippen LogP contribution in [0, 0.1) is 0 Å². The number of anilines is 2. The number of aliphatic hydroxyl groups is 1. The van der Waals surface area contributed by atoms with E-state index >= 15 is 0 Å². The minimum absolute atomic E-state index is 0.0355. The first-order chi connectivity index (χ1) is 14.4.